The van der Waals surface area contributed by atoms with Crippen LogP contribution in [0.15, 0.2) is 17.1 Å². The average molecular weight is 172 g/mol. The van der Waals surface area contributed by atoms with E-state index in [-0.39, 0.29) is 4.77 Å². The van der Waals surface area contributed by atoms with E-state index in [4.69, 9.17) is 5.11 Å². The molecule has 0 amide bonds. The summed E-state index contributed by atoms with van der Waals surface area (Å²) in [5.74, 6) is 0. The fraction of sp³-hybridized carbons (Fsp3) is 0. The zero-order chi connectivity index (χ0) is 8.43. The van der Waals surface area contributed by atoms with Crippen molar-refractivity contribution in [2.45, 2.75) is 0 Å². The normalized spacial score (nSPS) is 9.45. The Hall–Kier alpha value is -1.43. The molecule has 0 atom stereocenters. The molecule has 0 aliphatic carbocycles. The van der Waals surface area contributed by atoms with E-state index in [1.165, 1.54) is 0 Å². The van der Waals surface area contributed by atoms with Gasteiger partial charge in [-0.2, -0.15) is 0 Å². The van der Waals surface area contributed by atoms with Gasteiger partial charge in [0.25, 0.3) is 5.56 Å². The molecule has 1 aromatic rings. The minimum absolute atomic E-state index is 0.120. The van der Waals surface area contributed by atoms with Crippen LogP contribution < -0.4 is 5.56 Å². The van der Waals surface area contributed by atoms with Gasteiger partial charge in [0.1, 0.15) is 0 Å². The monoisotopic (exact) mass is 172 g/mol. The van der Waals surface area contributed by atoms with Gasteiger partial charge < -0.3 is 5.11 Å². The van der Waals surface area contributed by atoms with Crippen molar-refractivity contribution in [3.05, 3.63) is 27.4 Å². The van der Waals surface area contributed by atoms with Crippen molar-refractivity contribution in [3.63, 3.8) is 0 Å². The Morgan fingerprint density at radius 1 is 1.73 bits per heavy atom. The van der Waals surface area contributed by atoms with Crippen molar-refractivity contribution in [2.75, 3.05) is 0 Å². The SMILES string of the molecule is O=C(O)n1ccc(=O)[nH]c1=S. The molecule has 0 spiro atoms. The Labute approximate surface area is 65.9 Å². The van der Waals surface area contributed by atoms with Crippen molar-refractivity contribution < 1.29 is 9.90 Å². The number of nitrogens with one attached hydrogen (secondary N) is 1. The highest BCUT2D eigenvalue weighted by Crippen LogP contribution is 1.84. The summed E-state index contributed by atoms with van der Waals surface area (Å²) in [4.78, 5) is 23.0. The van der Waals surface area contributed by atoms with Gasteiger partial charge in [-0.3, -0.25) is 9.78 Å². The molecule has 0 aromatic carbocycles. The van der Waals surface area contributed by atoms with Crippen LogP contribution >= 0.6 is 12.2 Å². The van der Waals surface area contributed by atoms with Crippen LogP contribution in [-0.4, -0.2) is 20.8 Å². The molecule has 0 fully saturated rings. The van der Waals surface area contributed by atoms with Gasteiger partial charge in [0, 0.05) is 12.3 Å². The number of hydrogen-bond donors (Lipinski definition) is 2. The second-order valence-corrected chi connectivity index (χ2v) is 2.15. The summed E-state index contributed by atoms with van der Waals surface area (Å²) >= 11 is 4.54. The van der Waals surface area contributed by atoms with Crippen LogP contribution in [0, 0.1) is 4.77 Å². The quantitative estimate of drug-likeness (QED) is 0.556. The molecule has 5 nitrogen and oxygen atoms in total. The summed E-state index contributed by atoms with van der Waals surface area (Å²) in [6.45, 7) is 0. The van der Waals surface area contributed by atoms with Crippen LogP contribution in [-0.2, 0) is 0 Å². The molecule has 2 N–H and O–H groups in total. The first kappa shape index (κ1) is 7.67. The second kappa shape index (κ2) is 2.67. The number of carboxylic acid groups (broad SMARTS) is 1. The van der Waals surface area contributed by atoms with Gasteiger partial charge in [0.2, 0.25) is 0 Å². The first-order valence-corrected chi connectivity index (χ1v) is 3.07. The number of aromatic amines is 1. The predicted octanol–water partition coefficient (Wildman–Crippen LogP) is 0.432. The molecular formula is C5H4N2O3S. The van der Waals surface area contributed by atoms with Crippen molar-refractivity contribution in [1.29, 1.82) is 0 Å². The summed E-state index contributed by atoms with van der Waals surface area (Å²) in [6.07, 6.45) is -0.116. The maximum atomic E-state index is 10.5. The molecule has 0 unspecified atom stereocenters. The van der Waals surface area contributed by atoms with Gasteiger partial charge in [-0.15, -0.1) is 0 Å². The maximum Gasteiger partial charge on any atom is 0.417 e. The lowest BCUT2D eigenvalue weighted by molar-refractivity contribution is 0.195. The average Bonchev–Trinajstić information content (AvgIpc) is 1.85. The summed E-state index contributed by atoms with van der Waals surface area (Å²) in [7, 11) is 0. The van der Waals surface area contributed by atoms with Crippen molar-refractivity contribution in [2.24, 2.45) is 0 Å². The fourth-order valence-corrected chi connectivity index (χ4v) is 0.807. The number of rotatable bonds is 0. The second-order valence-electron chi connectivity index (χ2n) is 1.76. The van der Waals surface area contributed by atoms with Gasteiger partial charge in [-0.05, 0) is 12.2 Å². The molecule has 11 heavy (non-hydrogen) atoms. The molecule has 0 aliphatic heterocycles. The summed E-state index contributed by atoms with van der Waals surface area (Å²) in [5.41, 5.74) is -0.410. The Morgan fingerprint density at radius 2 is 2.36 bits per heavy atom. The number of hydrogen-bond acceptors (Lipinski definition) is 3. The Kier molecular flexibility index (Phi) is 1.86. The summed E-state index contributed by atoms with van der Waals surface area (Å²) in [6, 6.07) is 1.09. The Balaban J connectivity index is 3.43. The van der Waals surface area contributed by atoms with E-state index in [0.717, 1.165) is 16.8 Å². The zero-order valence-corrected chi connectivity index (χ0v) is 6.09. The molecule has 0 bridgehead atoms. The van der Waals surface area contributed by atoms with Crippen LogP contribution in [0.2, 0.25) is 0 Å². The molecule has 0 aliphatic rings. The molecule has 1 aromatic heterocycles. The van der Waals surface area contributed by atoms with E-state index in [9.17, 15) is 9.59 Å². The number of carbonyl (C=O) groups is 1. The van der Waals surface area contributed by atoms with E-state index in [0.29, 0.717) is 0 Å². The summed E-state index contributed by atoms with van der Waals surface area (Å²) < 4.78 is 0.626. The first-order chi connectivity index (χ1) is 5.11. The van der Waals surface area contributed by atoms with Crippen LogP contribution in [0.25, 0.3) is 0 Å². The van der Waals surface area contributed by atoms with E-state index in [1.807, 2.05) is 0 Å². The highest BCUT2D eigenvalue weighted by atomic mass is 32.1. The lowest BCUT2D eigenvalue weighted by atomic mass is 10.6. The molecule has 58 valence electrons. The van der Waals surface area contributed by atoms with Crippen molar-refractivity contribution >= 4 is 18.3 Å². The molecule has 6 heteroatoms. The van der Waals surface area contributed by atoms with Crippen LogP contribution in [0.4, 0.5) is 4.79 Å². The van der Waals surface area contributed by atoms with Crippen LogP contribution in [0.3, 0.4) is 0 Å². The van der Waals surface area contributed by atoms with Crippen LogP contribution in [0.1, 0.15) is 0 Å². The predicted molar refractivity (Wildman–Crippen MR) is 39.3 cm³/mol. The highest BCUT2D eigenvalue weighted by molar-refractivity contribution is 7.71. The lowest BCUT2D eigenvalue weighted by Gasteiger charge is -1.95. The van der Waals surface area contributed by atoms with Crippen molar-refractivity contribution in [3.8, 4) is 0 Å². The van der Waals surface area contributed by atoms with Crippen molar-refractivity contribution in [1.82, 2.24) is 9.55 Å². The molecule has 0 saturated carbocycles. The fourth-order valence-electron chi connectivity index (χ4n) is 0.568. The summed E-state index contributed by atoms with van der Waals surface area (Å²) in [5, 5.41) is 8.43. The number of H-pyrrole nitrogens is 1. The lowest BCUT2D eigenvalue weighted by Crippen LogP contribution is -2.15. The van der Waals surface area contributed by atoms with Gasteiger partial charge in [-0.1, -0.05) is 0 Å². The highest BCUT2D eigenvalue weighted by Gasteiger charge is 1.98. The van der Waals surface area contributed by atoms with E-state index < -0.39 is 11.7 Å². The van der Waals surface area contributed by atoms with Gasteiger partial charge in [0.05, 0.1) is 0 Å². The molecule has 1 heterocycles. The molecule has 1 rings (SSSR count). The zero-order valence-electron chi connectivity index (χ0n) is 5.27. The minimum Gasteiger partial charge on any atom is -0.464 e. The number of aromatic nitrogens is 2. The largest absolute Gasteiger partial charge is 0.464 e. The number of nitrogens with zero attached hydrogens (tertiary/aromatic N) is 1. The standard InChI is InChI=1S/C5H4N2O3S/c8-3-1-2-7(5(9)10)4(11)6-3/h1-2H,(H,9,10)(H,6,8,11). The van der Waals surface area contributed by atoms with E-state index in [1.54, 1.807) is 0 Å². The molecular weight excluding hydrogens is 168 g/mol. The third-order valence-electron chi connectivity index (χ3n) is 1.03. The third kappa shape index (κ3) is 1.53. The first-order valence-electron chi connectivity index (χ1n) is 2.66. The van der Waals surface area contributed by atoms with Gasteiger partial charge >= 0.3 is 6.09 Å². The minimum atomic E-state index is -1.22. The van der Waals surface area contributed by atoms with Crippen LogP contribution in [0.5, 0.6) is 0 Å². The maximum absolute atomic E-state index is 10.5. The van der Waals surface area contributed by atoms with E-state index in [2.05, 4.69) is 17.2 Å². The molecule has 0 radical (unpaired) electrons. The topological polar surface area (TPSA) is 75.1 Å². The third-order valence-corrected chi connectivity index (χ3v) is 1.33. The van der Waals surface area contributed by atoms with Gasteiger partial charge in [0.15, 0.2) is 4.77 Å². The smallest absolute Gasteiger partial charge is 0.417 e. The Bertz CT molecular complexity index is 391. The van der Waals surface area contributed by atoms with E-state index >= 15 is 0 Å². The molecule has 0 saturated heterocycles. The Morgan fingerprint density at radius 3 is 2.82 bits per heavy atom. The van der Waals surface area contributed by atoms with Gasteiger partial charge in [-0.25, -0.2) is 9.36 Å².